The number of hydrogen-bond acceptors (Lipinski definition) is 5. The SMILES string of the molecule is CCOC(=O)C(=O)c1ccc(NC(=O)OC(C)(C)C)cc1. The molecule has 0 aliphatic heterocycles. The molecule has 0 bridgehead atoms. The van der Waals surface area contributed by atoms with Gasteiger partial charge in [0.1, 0.15) is 5.60 Å². The molecule has 6 nitrogen and oxygen atoms in total. The van der Waals surface area contributed by atoms with E-state index in [4.69, 9.17) is 4.74 Å². The fourth-order valence-corrected chi connectivity index (χ4v) is 1.44. The van der Waals surface area contributed by atoms with E-state index >= 15 is 0 Å². The zero-order valence-corrected chi connectivity index (χ0v) is 12.6. The number of carbonyl (C=O) groups excluding carboxylic acids is 3. The first-order valence-corrected chi connectivity index (χ1v) is 6.54. The van der Waals surface area contributed by atoms with Crippen molar-refractivity contribution in [2.24, 2.45) is 0 Å². The van der Waals surface area contributed by atoms with Crippen molar-refractivity contribution in [1.82, 2.24) is 0 Å². The molecule has 1 aromatic carbocycles. The molecule has 114 valence electrons. The predicted molar refractivity (Wildman–Crippen MR) is 77.3 cm³/mol. The lowest BCUT2D eigenvalue weighted by molar-refractivity contribution is -0.137. The number of ketones is 1. The van der Waals surface area contributed by atoms with Gasteiger partial charge in [-0.05, 0) is 52.0 Å². The Labute approximate surface area is 123 Å². The monoisotopic (exact) mass is 293 g/mol. The maximum atomic E-state index is 11.7. The molecule has 0 heterocycles. The molecule has 6 heteroatoms. The van der Waals surface area contributed by atoms with Gasteiger partial charge in [0.25, 0.3) is 5.78 Å². The van der Waals surface area contributed by atoms with E-state index in [1.807, 2.05) is 0 Å². The van der Waals surface area contributed by atoms with Crippen LogP contribution in [0.1, 0.15) is 38.1 Å². The Balaban J connectivity index is 2.68. The lowest BCUT2D eigenvalue weighted by Gasteiger charge is -2.19. The first-order chi connectivity index (χ1) is 9.73. The molecule has 0 aliphatic carbocycles. The smallest absolute Gasteiger partial charge is 0.412 e. The molecule has 0 fully saturated rings. The molecule has 1 amide bonds. The molecule has 21 heavy (non-hydrogen) atoms. The van der Waals surface area contributed by atoms with Gasteiger partial charge in [0, 0.05) is 11.3 Å². The highest BCUT2D eigenvalue weighted by Crippen LogP contribution is 2.13. The number of benzene rings is 1. The molecule has 1 aromatic rings. The molecule has 0 aromatic heterocycles. The summed E-state index contributed by atoms with van der Waals surface area (Å²) in [6, 6.07) is 5.89. The van der Waals surface area contributed by atoms with Gasteiger partial charge < -0.3 is 9.47 Å². The van der Waals surface area contributed by atoms with Gasteiger partial charge in [-0.25, -0.2) is 9.59 Å². The average Bonchev–Trinajstić information content (AvgIpc) is 2.36. The minimum atomic E-state index is -0.898. The Bertz CT molecular complexity index is 528. The summed E-state index contributed by atoms with van der Waals surface area (Å²) >= 11 is 0. The van der Waals surface area contributed by atoms with Gasteiger partial charge in [-0.1, -0.05) is 0 Å². The van der Waals surface area contributed by atoms with Gasteiger partial charge in [0.15, 0.2) is 0 Å². The number of ether oxygens (including phenoxy) is 2. The van der Waals surface area contributed by atoms with Crippen molar-refractivity contribution in [1.29, 1.82) is 0 Å². The number of anilines is 1. The summed E-state index contributed by atoms with van der Waals surface area (Å²) in [5.41, 5.74) is 0.0667. The summed E-state index contributed by atoms with van der Waals surface area (Å²) in [5, 5.41) is 2.53. The van der Waals surface area contributed by atoms with Gasteiger partial charge in [0.05, 0.1) is 6.61 Å². The van der Waals surface area contributed by atoms with Crippen LogP contribution in [0.25, 0.3) is 0 Å². The van der Waals surface area contributed by atoms with E-state index in [2.05, 4.69) is 10.1 Å². The molecule has 0 spiro atoms. The van der Waals surface area contributed by atoms with E-state index in [0.29, 0.717) is 5.69 Å². The van der Waals surface area contributed by atoms with Crippen LogP contribution in [0.3, 0.4) is 0 Å². The number of esters is 1. The second-order valence-corrected chi connectivity index (χ2v) is 5.25. The lowest BCUT2D eigenvalue weighted by atomic mass is 10.1. The zero-order valence-electron chi connectivity index (χ0n) is 12.6. The van der Waals surface area contributed by atoms with E-state index in [1.165, 1.54) is 24.3 Å². The number of carbonyl (C=O) groups is 3. The average molecular weight is 293 g/mol. The first kappa shape index (κ1) is 16.7. The molecule has 0 radical (unpaired) electrons. The second kappa shape index (κ2) is 6.88. The number of nitrogens with one attached hydrogen (secondary N) is 1. The van der Waals surface area contributed by atoms with Crippen LogP contribution in [0, 0.1) is 0 Å². The Morgan fingerprint density at radius 2 is 1.67 bits per heavy atom. The molecule has 0 unspecified atom stereocenters. The van der Waals surface area contributed by atoms with Crippen molar-refractivity contribution >= 4 is 23.5 Å². The quantitative estimate of drug-likeness (QED) is 0.524. The van der Waals surface area contributed by atoms with E-state index in [9.17, 15) is 14.4 Å². The largest absolute Gasteiger partial charge is 0.460 e. The normalized spacial score (nSPS) is 10.7. The second-order valence-electron chi connectivity index (χ2n) is 5.25. The molecule has 0 atom stereocenters. The number of hydrogen-bond donors (Lipinski definition) is 1. The van der Waals surface area contributed by atoms with Crippen molar-refractivity contribution in [3.63, 3.8) is 0 Å². The molecule has 0 aliphatic rings. The highest BCUT2D eigenvalue weighted by molar-refractivity contribution is 6.40. The van der Waals surface area contributed by atoms with Crippen LogP contribution in [-0.4, -0.2) is 30.1 Å². The summed E-state index contributed by atoms with van der Waals surface area (Å²) in [5.74, 6) is -1.62. The Kier molecular flexibility index (Phi) is 5.46. The van der Waals surface area contributed by atoms with E-state index < -0.39 is 23.4 Å². The number of amides is 1. The standard InChI is InChI=1S/C15H19NO5/c1-5-20-13(18)12(17)10-6-8-11(9-7-10)16-14(19)21-15(2,3)4/h6-9H,5H2,1-4H3,(H,16,19). The molecule has 0 saturated carbocycles. The van der Waals surface area contributed by atoms with Crippen LogP contribution in [-0.2, 0) is 14.3 Å². The summed E-state index contributed by atoms with van der Waals surface area (Å²) in [7, 11) is 0. The third kappa shape index (κ3) is 5.64. The van der Waals surface area contributed by atoms with Gasteiger partial charge >= 0.3 is 12.1 Å². The summed E-state index contributed by atoms with van der Waals surface area (Å²) in [6.45, 7) is 7.04. The molecular weight excluding hydrogens is 274 g/mol. The van der Waals surface area contributed by atoms with E-state index in [-0.39, 0.29) is 12.2 Å². The molecular formula is C15H19NO5. The maximum Gasteiger partial charge on any atom is 0.412 e. The third-order valence-corrected chi connectivity index (χ3v) is 2.25. The minimum absolute atomic E-state index is 0.142. The van der Waals surface area contributed by atoms with Crippen LogP contribution < -0.4 is 5.32 Å². The lowest BCUT2D eigenvalue weighted by Crippen LogP contribution is -2.27. The third-order valence-electron chi connectivity index (χ3n) is 2.25. The predicted octanol–water partition coefficient (Wildman–Crippen LogP) is 2.78. The van der Waals surface area contributed by atoms with E-state index in [0.717, 1.165) is 0 Å². The van der Waals surface area contributed by atoms with E-state index in [1.54, 1.807) is 27.7 Å². The molecule has 1 N–H and O–H groups in total. The van der Waals surface area contributed by atoms with Crippen molar-refractivity contribution in [3.05, 3.63) is 29.8 Å². The van der Waals surface area contributed by atoms with Crippen molar-refractivity contribution in [2.45, 2.75) is 33.3 Å². The van der Waals surface area contributed by atoms with Crippen LogP contribution >= 0.6 is 0 Å². The summed E-state index contributed by atoms with van der Waals surface area (Å²) in [4.78, 5) is 34.5. The van der Waals surface area contributed by atoms with Crippen molar-refractivity contribution < 1.29 is 23.9 Å². The van der Waals surface area contributed by atoms with Crippen LogP contribution in [0.5, 0.6) is 0 Å². The Morgan fingerprint density at radius 1 is 1.10 bits per heavy atom. The van der Waals surface area contributed by atoms with Crippen LogP contribution in [0.15, 0.2) is 24.3 Å². The number of Topliss-reactive ketones (excluding diaryl/α,β-unsaturated/α-hetero) is 1. The van der Waals surface area contributed by atoms with Gasteiger partial charge in [-0.2, -0.15) is 0 Å². The maximum absolute atomic E-state index is 11.7. The summed E-state index contributed by atoms with van der Waals surface area (Å²) in [6.07, 6.45) is -0.591. The Morgan fingerprint density at radius 3 is 2.14 bits per heavy atom. The highest BCUT2D eigenvalue weighted by atomic mass is 16.6. The fourth-order valence-electron chi connectivity index (χ4n) is 1.44. The highest BCUT2D eigenvalue weighted by Gasteiger charge is 2.18. The van der Waals surface area contributed by atoms with Crippen LogP contribution in [0.4, 0.5) is 10.5 Å². The van der Waals surface area contributed by atoms with Gasteiger partial charge in [-0.3, -0.25) is 10.1 Å². The first-order valence-electron chi connectivity index (χ1n) is 6.54. The minimum Gasteiger partial charge on any atom is -0.460 e. The zero-order chi connectivity index (χ0) is 16.0. The molecule has 0 saturated heterocycles. The number of rotatable bonds is 4. The van der Waals surface area contributed by atoms with Crippen molar-refractivity contribution in [3.8, 4) is 0 Å². The van der Waals surface area contributed by atoms with Gasteiger partial charge in [-0.15, -0.1) is 0 Å². The fraction of sp³-hybridized carbons (Fsp3) is 0.400. The van der Waals surface area contributed by atoms with Crippen LogP contribution in [0.2, 0.25) is 0 Å². The Hall–Kier alpha value is -2.37. The van der Waals surface area contributed by atoms with Crippen molar-refractivity contribution in [2.75, 3.05) is 11.9 Å². The topological polar surface area (TPSA) is 81.7 Å². The molecule has 1 rings (SSSR count). The summed E-state index contributed by atoms with van der Waals surface area (Å²) < 4.78 is 9.73. The van der Waals surface area contributed by atoms with Gasteiger partial charge in [0.2, 0.25) is 0 Å².